The highest BCUT2D eigenvalue weighted by atomic mass is 19.1. The fourth-order valence-electron chi connectivity index (χ4n) is 2.33. The maximum absolute atomic E-state index is 13.5. The third kappa shape index (κ3) is 2.16. The molecule has 4 heteroatoms. The Morgan fingerprint density at radius 3 is 3.06 bits per heavy atom. The van der Waals surface area contributed by atoms with Crippen LogP contribution in [0.2, 0.25) is 0 Å². The first kappa shape index (κ1) is 11.4. The average Bonchev–Trinajstić information content (AvgIpc) is 2.73. The number of hydrogen-bond donors (Lipinski definition) is 1. The number of oxazole rings is 1. The molecule has 1 aromatic heterocycles. The molecule has 1 unspecified atom stereocenters. The predicted molar refractivity (Wildman–Crippen MR) is 65.7 cm³/mol. The van der Waals surface area contributed by atoms with E-state index in [4.69, 9.17) is 10.2 Å². The summed E-state index contributed by atoms with van der Waals surface area (Å²) in [6, 6.07) is 6.86. The summed E-state index contributed by atoms with van der Waals surface area (Å²) >= 11 is 0. The van der Waals surface area contributed by atoms with E-state index in [0.717, 1.165) is 30.7 Å². The van der Waals surface area contributed by atoms with Gasteiger partial charge in [-0.1, -0.05) is 18.2 Å². The average molecular weight is 246 g/mol. The highest BCUT2D eigenvalue weighted by Gasteiger charge is 2.21. The van der Waals surface area contributed by atoms with E-state index in [0.29, 0.717) is 17.9 Å². The van der Waals surface area contributed by atoms with Crippen LogP contribution >= 0.6 is 0 Å². The minimum absolute atomic E-state index is 0.159. The number of nitrogens with zero attached hydrogens (tertiary/aromatic N) is 1. The molecule has 0 aliphatic heterocycles. The van der Waals surface area contributed by atoms with E-state index >= 15 is 0 Å². The highest BCUT2D eigenvalue weighted by molar-refractivity contribution is 5.22. The Kier molecular flexibility index (Phi) is 2.88. The second kappa shape index (κ2) is 4.53. The maximum atomic E-state index is 13.5. The number of nitrogens with two attached hydrogens (primary N) is 1. The van der Waals surface area contributed by atoms with Crippen molar-refractivity contribution < 1.29 is 8.81 Å². The molecular weight excluding hydrogens is 231 g/mol. The summed E-state index contributed by atoms with van der Waals surface area (Å²) in [5, 5.41) is 0. The Morgan fingerprint density at radius 1 is 1.39 bits per heavy atom. The van der Waals surface area contributed by atoms with Crippen LogP contribution in [0.1, 0.15) is 29.3 Å². The smallest absolute Gasteiger partial charge is 0.199 e. The van der Waals surface area contributed by atoms with Gasteiger partial charge in [-0.3, -0.25) is 0 Å². The van der Waals surface area contributed by atoms with Gasteiger partial charge >= 0.3 is 0 Å². The molecular formula is C14H15FN2O. The maximum Gasteiger partial charge on any atom is 0.199 e. The first-order valence-corrected chi connectivity index (χ1v) is 6.19. The van der Waals surface area contributed by atoms with Crippen LogP contribution in [0.5, 0.6) is 0 Å². The van der Waals surface area contributed by atoms with Crippen LogP contribution in [0.4, 0.5) is 4.39 Å². The molecule has 0 bridgehead atoms. The molecule has 3 nitrogen and oxygen atoms in total. The van der Waals surface area contributed by atoms with Crippen LogP contribution < -0.4 is 5.73 Å². The summed E-state index contributed by atoms with van der Waals surface area (Å²) in [6.45, 7) is 0. The van der Waals surface area contributed by atoms with Crippen molar-refractivity contribution in [3.05, 3.63) is 53.0 Å². The van der Waals surface area contributed by atoms with Gasteiger partial charge in [0.2, 0.25) is 0 Å². The molecule has 0 saturated carbocycles. The minimum atomic E-state index is -0.217. The monoisotopic (exact) mass is 246 g/mol. The van der Waals surface area contributed by atoms with Crippen LogP contribution in [0.25, 0.3) is 0 Å². The van der Waals surface area contributed by atoms with E-state index in [-0.39, 0.29) is 11.9 Å². The van der Waals surface area contributed by atoms with Gasteiger partial charge in [-0.25, -0.2) is 9.37 Å². The first-order valence-electron chi connectivity index (χ1n) is 6.19. The van der Waals surface area contributed by atoms with Gasteiger partial charge in [-0.15, -0.1) is 0 Å². The standard InChI is InChI=1S/C14H15FN2O/c15-11-4-2-1-3-9(11)7-14-17-12-6-5-10(16)8-13(12)18-14/h1-4,10H,5-8,16H2. The Bertz CT molecular complexity index is 565. The molecule has 0 fully saturated rings. The van der Waals surface area contributed by atoms with E-state index in [1.54, 1.807) is 12.1 Å². The Balaban J connectivity index is 1.84. The molecule has 1 aliphatic carbocycles. The molecule has 94 valence electrons. The molecule has 0 radical (unpaired) electrons. The van der Waals surface area contributed by atoms with Gasteiger partial charge in [0, 0.05) is 12.5 Å². The second-order valence-corrected chi connectivity index (χ2v) is 4.75. The van der Waals surface area contributed by atoms with Crippen LogP contribution in [-0.4, -0.2) is 11.0 Å². The lowest BCUT2D eigenvalue weighted by atomic mass is 9.98. The number of rotatable bonds is 2. The summed E-state index contributed by atoms with van der Waals surface area (Å²) in [5.74, 6) is 1.24. The van der Waals surface area contributed by atoms with Gasteiger partial charge in [0.15, 0.2) is 5.89 Å². The normalized spacial score (nSPS) is 18.7. The minimum Gasteiger partial charge on any atom is -0.445 e. The first-order chi connectivity index (χ1) is 8.72. The molecule has 0 amide bonds. The lowest BCUT2D eigenvalue weighted by Crippen LogP contribution is -2.27. The fraction of sp³-hybridized carbons (Fsp3) is 0.357. The molecule has 18 heavy (non-hydrogen) atoms. The number of aryl methyl sites for hydroxylation is 1. The number of hydrogen-bond acceptors (Lipinski definition) is 3. The van der Waals surface area contributed by atoms with Crippen molar-refractivity contribution in [2.24, 2.45) is 5.73 Å². The Labute approximate surface area is 105 Å². The molecule has 1 heterocycles. The van der Waals surface area contributed by atoms with Crippen molar-refractivity contribution in [3.63, 3.8) is 0 Å². The Morgan fingerprint density at radius 2 is 2.22 bits per heavy atom. The van der Waals surface area contributed by atoms with E-state index in [9.17, 15) is 4.39 Å². The van der Waals surface area contributed by atoms with Gasteiger partial charge in [0.25, 0.3) is 0 Å². The zero-order valence-electron chi connectivity index (χ0n) is 10.0. The number of benzene rings is 1. The fourth-order valence-corrected chi connectivity index (χ4v) is 2.33. The van der Waals surface area contributed by atoms with Crippen molar-refractivity contribution in [2.45, 2.75) is 31.7 Å². The topological polar surface area (TPSA) is 52.0 Å². The van der Waals surface area contributed by atoms with E-state index < -0.39 is 0 Å². The lowest BCUT2D eigenvalue weighted by Gasteiger charge is -2.14. The van der Waals surface area contributed by atoms with Crippen LogP contribution in [0.15, 0.2) is 28.7 Å². The van der Waals surface area contributed by atoms with Crippen LogP contribution in [0.3, 0.4) is 0 Å². The van der Waals surface area contributed by atoms with Gasteiger partial charge < -0.3 is 10.2 Å². The van der Waals surface area contributed by atoms with Crippen molar-refractivity contribution in [1.82, 2.24) is 4.98 Å². The van der Waals surface area contributed by atoms with Crippen molar-refractivity contribution in [1.29, 1.82) is 0 Å². The molecule has 2 aromatic rings. The zero-order chi connectivity index (χ0) is 12.5. The van der Waals surface area contributed by atoms with E-state index in [2.05, 4.69) is 4.98 Å². The van der Waals surface area contributed by atoms with Crippen molar-refractivity contribution in [2.75, 3.05) is 0 Å². The quantitative estimate of drug-likeness (QED) is 0.884. The van der Waals surface area contributed by atoms with Gasteiger partial charge in [0.05, 0.1) is 12.1 Å². The zero-order valence-corrected chi connectivity index (χ0v) is 10.0. The third-order valence-electron chi connectivity index (χ3n) is 3.32. The highest BCUT2D eigenvalue weighted by Crippen LogP contribution is 2.23. The van der Waals surface area contributed by atoms with E-state index in [1.165, 1.54) is 6.07 Å². The second-order valence-electron chi connectivity index (χ2n) is 4.75. The van der Waals surface area contributed by atoms with Gasteiger partial charge in [-0.2, -0.15) is 0 Å². The molecule has 0 saturated heterocycles. The summed E-state index contributed by atoms with van der Waals surface area (Å²) in [6.07, 6.45) is 2.93. The van der Waals surface area contributed by atoms with Crippen molar-refractivity contribution in [3.8, 4) is 0 Å². The van der Waals surface area contributed by atoms with Gasteiger partial charge in [-0.05, 0) is 24.5 Å². The molecule has 3 rings (SSSR count). The summed E-state index contributed by atoms with van der Waals surface area (Å²) in [5.41, 5.74) is 7.49. The van der Waals surface area contributed by atoms with Gasteiger partial charge in [0.1, 0.15) is 11.6 Å². The molecule has 2 N–H and O–H groups in total. The van der Waals surface area contributed by atoms with Crippen molar-refractivity contribution >= 4 is 0 Å². The summed E-state index contributed by atoms with van der Waals surface area (Å²) in [4.78, 5) is 4.43. The van der Waals surface area contributed by atoms with Crippen LogP contribution in [-0.2, 0) is 19.3 Å². The molecule has 1 atom stereocenters. The molecule has 1 aliphatic rings. The Hall–Kier alpha value is -1.68. The predicted octanol–water partition coefficient (Wildman–Crippen LogP) is 2.22. The van der Waals surface area contributed by atoms with E-state index in [1.807, 2.05) is 6.07 Å². The SMILES string of the molecule is NC1CCc2nc(Cc3ccccc3F)oc2C1. The lowest BCUT2D eigenvalue weighted by molar-refractivity contribution is 0.425. The molecule has 0 spiro atoms. The van der Waals surface area contributed by atoms with Crippen LogP contribution in [0, 0.1) is 5.82 Å². The third-order valence-corrected chi connectivity index (χ3v) is 3.32. The molecule has 1 aromatic carbocycles. The summed E-state index contributed by atoms with van der Waals surface area (Å²) < 4.78 is 19.2. The number of fused-ring (bicyclic) bond motifs is 1. The summed E-state index contributed by atoms with van der Waals surface area (Å²) in [7, 11) is 0. The number of aromatic nitrogens is 1. The largest absolute Gasteiger partial charge is 0.445 e. The number of halogens is 1.